The van der Waals surface area contributed by atoms with Crippen molar-refractivity contribution >= 4 is 11.8 Å². The lowest BCUT2D eigenvalue weighted by Crippen LogP contribution is -2.22. The van der Waals surface area contributed by atoms with Gasteiger partial charge in [0.1, 0.15) is 0 Å². The average Bonchev–Trinajstić information content (AvgIpc) is 2.05. The second kappa shape index (κ2) is 3.32. The van der Waals surface area contributed by atoms with Gasteiger partial charge in [-0.3, -0.25) is 4.79 Å². The fraction of sp³-hybridized carbons (Fsp3) is 0.500. The average molecular weight is 154 g/mol. The monoisotopic (exact) mass is 154 g/mol. The van der Waals surface area contributed by atoms with Crippen LogP contribution in [-0.4, -0.2) is 16.9 Å². The summed E-state index contributed by atoms with van der Waals surface area (Å²) in [5.41, 5.74) is 0. The van der Waals surface area contributed by atoms with E-state index < -0.39 is 11.8 Å². The molecule has 1 N–H and O–H groups in total. The molecule has 60 valence electrons. The van der Waals surface area contributed by atoms with Crippen LogP contribution in [0.15, 0.2) is 12.2 Å². The number of hydrogen-bond acceptors (Lipinski definition) is 2. The smallest absolute Gasteiger partial charge is 0.372 e. The Bertz CT molecular complexity index is 205. The maximum atomic E-state index is 10.8. The van der Waals surface area contributed by atoms with E-state index in [0.29, 0.717) is 6.42 Å². The quantitative estimate of drug-likeness (QED) is 0.476. The molecular weight excluding hydrogens is 144 g/mol. The molecule has 0 unspecified atom stereocenters. The van der Waals surface area contributed by atoms with Crippen molar-refractivity contribution in [2.45, 2.75) is 19.3 Å². The number of allylic oxidation sites excluding steroid dienone is 2. The van der Waals surface area contributed by atoms with Gasteiger partial charge in [-0.05, 0) is 19.3 Å². The molecule has 0 aliphatic heterocycles. The van der Waals surface area contributed by atoms with Gasteiger partial charge in [0.25, 0.3) is 0 Å². The third-order valence-electron chi connectivity index (χ3n) is 1.80. The Hall–Kier alpha value is -1.12. The molecule has 3 heteroatoms. The molecule has 0 aromatic heterocycles. The van der Waals surface area contributed by atoms with Crippen molar-refractivity contribution in [2.75, 3.05) is 0 Å². The lowest BCUT2D eigenvalue weighted by molar-refractivity contribution is -0.150. The summed E-state index contributed by atoms with van der Waals surface area (Å²) >= 11 is 0. The topological polar surface area (TPSA) is 54.4 Å². The first-order valence-electron chi connectivity index (χ1n) is 3.65. The van der Waals surface area contributed by atoms with Crippen LogP contribution in [0, 0.1) is 5.92 Å². The third-order valence-corrected chi connectivity index (χ3v) is 1.80. The highest BCUT2D eigenvalue weighted by Gasteiger charge is 2.22. The van der Waals surface area contributed by atoms with Gasteiger partial charge < -0.3 is 5.11 Å². The zero-order valence-electron chi connectivity index (χ0n) is 6.12. The van der Waals surface area contributed by atoms with Crippen molar-refractivity contribution in [1.82, 2.24) is 0 Å². The van der Waals surface area contributed by atoms with E-state index in [1.165, 1.54) is 0 Å². The summed E-state index contributed by atoms with van der Waals surface area (Å²) in [6.07, 6.45) is 6.13. The zero-order valence-corrected chi connectivity index (χ0v) is 6.12. The van der Waals surface area contributed by atoms with Crippen LogP contribution in [-0.2, 0) is 9.59 Å². The van der Waals surface area contributed by atoms with Gasteiger partial charge in [-0.15, -0.1) is 0 Å². The molecule has 0 spiro atoms. The first-order chi connectivity index (χ1) is 5.22. The first kappa shape index (κ1) is 7.98. The molecular formula is C8H10O3. The van der Waals surface area contributed by atoms with Crippen LogP contribution in [0.4, 0.5) is 0 Å². The summed E-state index contributed by atoms with van der Waals surface area (Å²) in [5.74, 6) is -2.37. The maximum Gasteiger partial charge on any atom is 0.372 e. The Morgan fingerprint density at radius 2 is 2.18 bits per heavy atom. The van der Waals surface area contributed by atoms with E-state index >= 15 is 0 Å². The minimum absolute atomic E-state index is 0.374. The second-order valence-corrected chi connectivity index (χ2v) is 2.63. The Kier molecular flexibility index (Phi) is 2.41. The highest BCUT2D eigenvalue weighted by Crippen LogP contribution is 2.17. The van der Waals surface area contributed by atoms with E-state index in [-0.39, 0.29) is 5.92 Å². The lowest BCUT2D eigenvalue weighted by Gasteiger charge is -2.11. The van der Waals surface area contributed by atoms with Crippen molar-refractivity contribution in [1.29, 1.82) is 0 Å². The number of carbonyl (C=O) groups is 2. The highest BCUT2D eigenvalue weighted by molar-refractivity contribution is 6.33. The molecule has 0 aromatic rings. The summed E-state index contributed by atoms with van der Waals surface area (Å²) in [6.45, 7) is 0. The number of carbonyl (C=O) groups excluding carboxylic acids is 1. The van der Waals surface area contributed by atoms with Crippen molar-refractivity contribution in [2.24, 2.45) is 5.92 Å². The van der Waals surface area contributed by atoms with E-state index in [2.05, 4.69) is 0 Å². The largest absolute Gasteiger partial charge is 0.475 e. The second-order valence-electron chi connectivity index (χ2n) is 2.63. The first-order valence-corrected chi connectivity index (χ1v) is 3.65. The predicted molar refractivity (Wildman–Crippen MR) is 39.1 cm³/mol. The van der Waals surface area contributed by atoms with Gasteiger partial charge in [-0.25, -0.2) is 4.79 Å². The number of ketones is 1. The Labute approximate surface area is 64.7 Å². The summed E-state index contributed by atoms with van der Waals surface area (Å²) in [4.78, 5) is 21.1. The van der Waals surface area contributed by atoms with Gasteiger partial charge in [-0.1, -0.05) is 12.2 Å². The van der Waals surface area contributed by atoms with Crippen LogP contribution in [0.2, 0.25) is 0 Å². The van der Waals surface area contributed by atoms with E-state index in [0.717, 1.165) is 12.8 Å². The van der Waals surface area contributed by atoms with Gasteiger partial charge in [0.05, 0.1) is 0 Å². The molecule has 1 rings (SSSR count). The third kappa shape index (κ3) is 1.90. The summed E-state index contributed by atoms with van der Waals surface area (Å²) in [7, 11) is 0. The van der Waals surface area contributed by atoms with Gasteiger partial charge in [0.15, 0.2) is 0 Å². The molecule has 0 bridgehead atoms. The zero-order chi connectivity index (χ0) is 8.27. The van der Waals surface area contributed by atoms with E-state index in [4.69, 9.17) is 5.11 Å². The number of rotatable bonds is 2. The van der Waals surface area contributed by atoms with Crippen LogP contribution >= 0.6 is 0 Å². The van der Waals surface area contributed by atoms with Gasteiger partial charge in [0.2, 0.25) is 5.78 Å². The minimum Gasteiger partial charge on any atom is -0.475 e. The SMILES string of the molecule is O=C(O)C(=O)[C@H]1C=CCCC1. The molecule has 3 nitrogen and oxygen atoms in total. The minimum atomic E-state index is -1.32. The predicted octanol–water partition coefficient (Wildman–Crippen LogP) is 0.996. The van der Waals surface area contributed by atoms with Crippen LogP contribution < -0.4 is 0 Å². The fourth-order valence-electron chi connectivity index (χ4n) is 1.19. The standard InChI is InChI=1S/C8H10O3/c9-7(8(10)11)6-4-2-1-3-5-6/h2,4,6H,1,3,5H2,(H,10,11)/t6-/m0/s1. The van der Waals surface area contributed by atoms with Crippen molar-refractivity contribution in [3.63, 3.8) is 0 Å². The fourth-order valence-corrected chi connectivity index (χ4v) is 1.19. The number of carboxylic acid groups (broad SMARTS) is 1. The van der Waals surface area contributed by atoms with Crippen LogP contribution in [0.25, 0.3) is 0 Å². The molecule has 11 heavy (non-hydrogen) atoms. The molecule has 0 fully saturated rings. The molecule has 1 aliphatic rings. The van der Waals surface area contributed by atoms with Gasteiger partial charge in [0, 0.05) is 5.92 Å². The number of carboxylic acids is 1. The van der Waals surface area contributed by atoms with E-state index in [9.17, 15) is 9.59 Å². The van der Waals surface area contributed by atoms with E-state index in [1.807, 2.05) is 6.08 Å². The summed E-state index contributed by atoms with van der Waals surface area (Å²) in [6, 6.07) is 0. The molecule has 0 amide bonds. The molecule has 1 atom stereocenters. The Morgan fingerprint density at radius 3 is 2.64 bits per heavy atom. The van der Waals surface area contributed by atoms with E-state index in [1.54, 1.807) is 6.08 Å². The van der Waals surface area contributed by atoms with Gasteiger partial charge in [-0.2, -0.15) is 0 Å². The molecule has 0 heterocycles. The summed E-state index contributed by atoms with van der Waals surface area (Å²) < 4.78 is 0. The van der Waals surface area contributed by atoms with Crippen LogP contribution in [0.1, 0.15) is 19.3 Å². The van der Waals surface area contributed by atoms with Crippen LogP contribution in [0.3, 0.4) is 0 Å². The maximum absolute atomic E-state index is 10.8. The molecule has 0 radical (unpaired) electrons. The highest BCUT2D eigenvalue weighted by atomic mass is 16.4. The van der Waals surface area contributed by atoms with Crippen molar-refractivity contribution < 1.29 is 14.7 Å². The Morgan fingerprint density at radius 1 is 1.45 bits per heavy atom. The van der Waals surface area contributed by atoms with Crippen molar-refractivity contribution in [3.8, 4) is 0 Å². The number of aliphatic carboxylic acids is 1. The molecule has 0 saturated heterocycles. The number of hydrogen-bond donors (Lipinski definition) is 1. The number of Topliss-reactive ketones (excluding diaryl/α,β-unsaturated/α-hetero) is 1. The molecule has 0 aromatic carbocycles. The molecule has 1 aliphatic carbocycles. The lowest BCUT2D eigenvalue weighted by atomic mass is 9.92. The van der Waals surface area contributed by atoms with Crippen molar-refractivity contribution in [3.05, 3.63) is 12.2 Å². The normalized spacial score (nSPS) is 23.1. The van der Waals surface area contributed by atoms with Crippen LogP contribution in [0.5, 0.6) is 0 Å². The van der Waals surface area contributed by atoms with Gasteiger partial charge >= 0.3 is 5.97 Å². The Balaban J connectivity index is 2.59. The molecule has 0 saturated carbocycles. The summed E-state index contributed by atoms with van der Waals surface area (Å²) in [5, 5.41) is 8.35.